The Labute approximate surface area is 207 Å². The predicted octanol–water partition coefficient (Wildman–Crippen LogP) is 3.04. The van der Waals surface area contributed by atoms with Gasteiger partial charge in [-0.2, -0.15) is 16.7 Å². The van der Waals surface area contributed by atoms with Gasteiger partial charge in [0, 0.05) is 55.4 Å². The highest BCUT2D eigenvalue weighted by molar-refractivity contribution is 14.0. The number of carbonyl (C=O) groups is 1. The van der Waals surface area contributed by atoms with E-state index in [4.69, 9.17) is 4.52 Å². The van der Waals surface area contributed by atoms with Gasteiger partial charge in [0.1, 0.15) is 0 Å². The topological polar surface area (TPSA) is 95.6 Å². The van der Waals surface area contributed by atoms with Crippen LogP contribution in [0.1, 0.15) is 64.1 Å². The molecule has 2 fully saturated rings. The van der Waals surface area contributed by atoms with Crippen molar-refractivity contribution in [3.05, 3.63) is 11.7 Å². The SMILES string of the molecule is CCNC(=NCCc1nc(C(C)C)no1)NC1CCC(C(=O)N2CCSCC2)CC1.I. The summed E-state index contributed by atoms with van der Waals surface area (Å²) < 4.78 is 5.29. The fraction of sp³-hybridized carbons (Fsp3) is 0.810. The Morgan fingerprint density at radius 1 is 1.26 bits per heavy atom. The number of nitrogens with one attached hydrogen (secondary N) is 2. The summed E-state index contributed by atoms with van der Waals surface area (Å²) >= 11 is 1.94. The second kappa shape index (κ2) is 13.5. The highest BCUT2D eigenvalue weighted by Crippen LogP contribution is 2.27. The number of nitrogens with zero attached hydrogens (tertiary/aromatic N) is 4. The second-order valence-electron chi connectivity index (χ2n) is 8.34. The largest absolute Gasteiger partial charge is 0.357 e. The minimum absolute atomic E-state index is 0. The molecule has 1 aromatic heterocycles. The summed E-state index contributed by atoms with van der Waals surface area (Å²) in [6, 6.07) is 0.361. The number of guanidine groups is 1. The number of amides is 1. The molecule has 0 bridgehead atoms. The first-order chi connectivity index (χ1) is 14.6. The van der Waals surface area contributed by atoms with Crippen molar-refractivity contribution in [3.63, 3.8) is 0 Å². The van der Waals surface area contributed by atoms with Crippen molar-refractivity contribution in [2.24, 2.45) is 10.9 Å². The number of hydrogen-bond donors (Lipinski definition) is 2. The average Bonchev–Trinajstić information content (AvgIpc) is 3.24. The molecule has 1 aliphatic heterocycles. The van der Waals surface area contributed by atoms with Gasteiger partial charge in [0.2, 0.25) is 11.8 Å². The van der Waals surface area contributed by atoms with Gasteiger partial charge in [-0.25, -0.2) is 0 Å². The predicted molar refractivity (Wildman–Crippen MR) is 136 cm³/mol. The van der Waals surface area contributed by atoms with E-state index in [-0.39, 0.29) is 35.8 Å². The lowest BCUT2D eigenvalue weighted by molar-refractivity contribution is -0.136. The van der Waals surface area contributed by atoms with Crippen molar-refractivity contribution in [3.8, 4) is 0 Å². The molecule has 0 aromatic carbocycles. The lowest BCUT2D eigenvalue weighted by Gasteiger charge is -2.34. The molecule has 31 heavy (non-hydrogen) atoms. The van der Waals surface area contributed by atoms with Gasteiger partial charge >= 0.3 is 0 Å². The third kappa shape index (κ3) is 8.11. The van der Waals surface area contributed by atoms with Gasteiger partial charge in [-0.05, 0) is 32.6 Å². The molecule has 0 unspecified atom stereocenters. The molecule has 0 spiro atoms. The van der Waals surface area contributed by atoms with Gasteiger partial charge < -0.3 is 20.1 Å². The number of aromatic nitrogens is 2. The molecule has 0 atom stereocenters. The normalized spacial score (nSPS) is 22.2. The maximum absolute atomic E-state index is 12.7. The molecular formula is C21H37IN6O2S. The van der Waals surface area contributed by atoms with Crippen molar-refractivity contribution in [2.75, 3.05) is 37.7 Å². The zero-order valence-corrected chi connectivity index (χ0v) is 22.1. The van der Waals surface area contributed by atoms with Crippen LogP contribution in [-0.4, -0.2) is 70.6 Å². The van der Waals surface area contributed by atoms with Gasteiger partial charge in [-0.15, -0.1) is 24.0 Å². The summed E-state index contributed by atoms with van der Waals surface area (Å²) in [6.07, 6.45) is 4.56. The van der Waals surface area contributed by atoms with E-state index in [1.807, 2.05) is 25.6 Å². The first-order valence-corrected chi connectivity index (χ1v) is 12.5. The minimum atomic E-state index is 0. The van der Waals surface area contributed by atoms with Gasteiger partial charge in [-0.1, -0.05) is 19.0 Å². The molecule has 176 valence electrons. The van der Waals surface area contributed by atoms with Crippen LogP contribution in [0.2, 0.25) is 0 Å². The first-order valence-electron chi connectivity index (χ1n) is 11.3. The van der Waals surface area contributed by atoms with Crippen molar-refractivity contribution < 1.29 is 9.32 Å². The summed E-state index contributed by atoms with van der Waals surface area (Å²) in [5.74, 6) is 5.18. The van der Waals surface area contributed by atoms with Gasteiger partial charge in [0.15, 0.2) is 11.8 Å². The van der Waals surface area contributed by atoms with Gasteiger partial charge in [0.05, 0.1) is 6.54 Å². The van der Waals surface area contributed by atoms with Crippen LogP contribution in [0.5, 0.6) is 0 Å². The van der Waals surface area contributed by atoms with E-state index in [1.165, 1.54) is 0 Å². The third-order valence-electron chi connectivity index (χ3n) is 5.68. The highest BCUT2D eigenvalue weighted by Gasteiger charge is 2.30. The van der Waals surface area contributed by atoms with Crippen LogP contribution in [0.4, 0.5) is 0 Å². The molecule has 3 rings (SSSR count). The summed E-state index contributed by atoms with van der Waals surface area (Å²) in [7, 11) is 0. The Kier molecular flexibility index (Phi) is 11.4. The van der Waals surface area contributed by atoms with E-state index in [9.17, 15) is 4.79 Å². The van der Waals surface area contributed by atoms with Crippen LogP contribution in [0, 0.1) is 5.92 Å². The summed E-state index contributed by atoms with van der Waals surface area (Å²) in [5, 5.41) is 10.9. The molecule has 1 aliphatic carbocycles. The zero-order valence-electron chi connectivity index (χ0n) is 18.9. The number of halogens is 1. The number of hydrogen-bond acceptors (Lipinski definition) is 6. The summed E-state index contributed by atoms with van der Waals surface area (Å²) in [5.41, 5.74) is 0. The lowest BCUT2D eigenvalue weighted by Crippen LogP contribution is -2.47. The number of thioether (sulfide) groups is 1. The van der Waals surface area contributed by atoms with E-state index < -0.39 is 0 Å². The van der Waals surface area contributed by atoms with Crippen LogP contribution in [-0.2, 0) is 11.2 Å². The molecule has 1 saturated heterocycles. The first kappa shape index (κ1) is 26.2. The van der Waals surface area contributed by atoms with E-state index in [2.05, 4.69) is 37.6 Å². The zero-order chi connectivity index (χ0) is 21.3. The Hall–Kier alpha value is -1.04. The van der Waals surface area contributed by atoms with Crippen molar-refractivity contribution in [2.45, 2.75) is 64.8 Å². The molecule has 2 aliphatic rings. The molecule has 1 saturated carbocycles. The smallest absolute Gasteiger partial charge is 0.228 e. The Morgan fingerprint density at radius 3 is 2.58 bits per heavy atom. The standard InChI is InChI=1S/C21H36N6O2S.HI/c1-4-22-21(23-10-9-18-25-19(15(2)3)26-29-18)24-17-7-5-16(6-8-17)20(28)27-11-13-30-14-12-27;/h15-17H,4-14H2,1-3H3,(H2,22,23,24);1H. The van der Waals surface area contributed by atoms with Crippen LogP contribution < -0.4 is 10.6 Å². The second-order valence-corrected chi connectivity index (χ2v) is 9.57. The van der Waals surface area contributed by atoms with Crippen LogP contribution >= 0.6 is 35.7 Å². The van der Waals surface area contributed by atoms with Gasteiger partial charge in [-0.3, -0.25) is 9.79 Å². The molecule has 1 aromatic rings. The maximum atomic E-state index is 12.7. The summed E-state index contributed by atoms with van der Waals surface area (Å²) in [4.78, 5) is 23.9. The van der Waals surface area contributed by atoms with Crippen LogP contribution in [0.3, 0.4) is 0 Å². The summed E-state index contributed by atoms with van der Waals surface area (Å²) in [6.45, 7) is 9.40. The van der Waals surface area contributed by atoms with Crippen molar-refractivity contribution in [1.82, 2.24) is 25.7 Å². The molecular weight excluding hydrogens is 527 g/mol. The van der Waals surface area contributed by atoms with E-state index >= 15 is 0 Å². The fourth-order valence-corrected chi connectivity index (χ4v) is 4.81. The van der Waals surface area contributed by atoms with Gasteiger partial charge in [0.25, 0.3) is 0 Å². The Balaban J connectivity index is 0.00000341. The molecule has 10 heteroatoms. The maximum Gasteiger partial charge on any atom is 0.228 e. The van der Waals surface area contributed by atoms with Crippen molar-refractivity contribution >= 4 is 47.6 Å². The fourth-order valence-electron chi connectivity index (χ4n) is 3.91. The lowest BCUT2D eigenvalue weighted by atomic mass is 9.85. The third-order valence-corrected chi connectivity index (χ3v) is 6.62. The minimum Gasteiger partial charge on any atom is -0.357 e. The number of aliphatic imine (C=N–C) groups is 1. The van der Waals surface area contributed by atoms with Crippen molar-refractivity contribution in [1.29, 1.82) is 0 Å². The number of rotatable bonds is 7. The van der Waals surface area contributed by atoms with E-state index in [1.54, 1.807) is 0 Å². The quantitative estimate of drug-likeness (QED) is 0.299. The molecule has 0 radical (unpaired) electrons. The molecule has 8 nitrogen and oxygen atoms in total. The Morgan fingerprint density at radius 2 is 1.97 bits per heavy atom. The monoisotopic (exact) mass is 564 g/mol. The Bertz CT molecular complexity index is 700. The molecule has 2 N–H and O–H groups in total. The highest BCUT2D eigenvalue weighted by atomic mass is 127. The van der Waals surface area contributed by atoms with Crippen LogP contribution in [0.25, 0.3) is 0 Å². The van der Waals surface area contributed by atoms with E-state index in [0.717, 1.165) is 68.6 Å². The molecule has 1 amide bonds. The van der Waals surface area contributed by atoms with Crippen LogP contribution in [0.15, 0.2) is 9.52 Å². The molecule has 2 heterocycles. The average molecular weight is 565 g/mol. The van der Waals surface area contributed by atoms with E-state index in [0.29, 0.717) is 30.8 Å². The number of carbonyl (C=O) groups excluding carboxylic acids is 1.